The Balaban J connectivity index is 2.11. The molecule has 1 amide bonds. The van der Waals surface area contributed by atoms with Crippen LogP contribution in [0.15, 0.2) is 6.07 Å². The van der Waals surface area contributed by atoms with Crippen LogP contribution in [-0.2, 0) is 9.47 Å². The van der Waals surface area contributed by atoms with Gasteiger partial charge in [-0.15, -0.1) is 0 Å². The Morgan fingerprint density at radius 3 is 2.68 bits per heavy atom. The van der Waals surface area contributed by atoms with Gasteiger partial charge in [0.05, 0.1) is 18.7 Å². The number of hydrogen-bond donors (Lipinski definition) is 1. The number of likely N-dealkylation sites (tertiary alicyclic amines) is 1. The second-order valence-corrected chi connectivity index (χ2v) is 7.06. The number of nitrogen functional groups attached to an aromatic ring is 1. The molecule has 0 aliphatic carbocycles. The van der Waals surface area contributed by atoms with Crippen molar-refractivity contribution in [3.8, 4) is 5.88 Å². The van der Waals surface area contributed by atoms with E-state index in [0.717, 1.165) is 0 Å². The number of methoxy groups -OCH3 is 1. The van der Waals surface area contributed by atoms with Crippen LogP contribution in [0.1, 0.15) is 37.6 Å². The maximum atomic E-state index is 12.1. The van der Waals surface area contributed by atoms with Gasteiger partial charge >= 0.3 is 12.1 Å². The summed E-state index contributed by atoms with van der Waals surface area (Å²) in [5.41, 5.74) is 5.11. The Bertz CT molecular complexity index is 674. The predicted octanol–water partition coefficient (Wildman–Crippen LogP) is 2.49. The topological polar surface area (TPSA) is 104 Å². The number of rotatable bonds is 3. The molecular formula is C16H22ClN3O5. The summed E-state index contributed by atoms with van der Waals surface area (Å²) >= 11 is 6.06. The lowest BCUT2D eigenvalue weighted by atomic mass is 10.2. The third-order valence-electron chi connectivity index (χ3n) is 3.42. The summed E-state index contributed by atoms with van der Waals surface area (Å²) < 4.78 is 15.8. The fraction of sp³-hybridized carbons (Fsp3) is 0.562. The molecule has 1 atom stereocenters. The Hall–Kier alpha value is -2.22. The summed E-state index contributed by atoms with van der Waals surface area (Å²) in [7, 11) is 1.23. The molecule has 1 aromatic heterocycles. The van der Waals surface area contributed by atoms with Crippen molar-refractivity contribution >= 4 is 29.5 Å². The molecule has 0 spiro atoms. The van der Waals surface area contributed by atoms with Crippen LogP contribution in [0.25, 0.3) is 0 Å². The first-order chi connectivity index (χ1) is 11.6. The quantitative estimate of drug-likeness (QED) is 0.814. The van der Waals surface area contributed by atoms with Crippen molar-refractivity contribution in [2.75, 3.05) is 25.9 Å². The monoisotopic (exact) mass is 371 g/mol. The molecule has 2 heterocycles. The largest absolute Gasteiger partial charge is 0.472 e. The molecule has 2 N–H and O–H groups in total. The zero-order valence-electron chi connectivity index (χ0n) is 14.7. The number of carbonyl (C=O) groups is 2. The number of esters is 1. The van der Waals surface area contributed by atoms with E-state index in [4.69, 9.17) is 31.5 Å². The number of hydrogen-bond acceptors (Lipinski definition) is 7. The highest BCUT2D eigenvalue weighted by molar-refractivity contribution is 6.34. The normalized spacial score (nSPS) is 17.3. The minimum atomic E-state index is -0.672. The summed E-state index contributed by atoms with van der Waals surface area (Å²) in [6.45, 7) is 6.19. The Kier molecular flexibility index (Phi) is 5.62. The van der Waals surface area contributed by atoms with E-state index >= 15 is 0 Å². The number of carbonyl (C=O) groups excluding carboxylic acids is 2. The van der Waals surface area contributed by atoms with Gasteiger partial charge in [-0.1, -0.05) is 11.6 Å². The van der Waals surface area contributed by atoms with Gasteiger partial charge in [-0.3, -0.25) is 0 Å². The Morgan fingerprint density at radius 2 is 2.08 bits per heavy atom. The van der Waals surface area contributed by atoms with Crippen molar-refractivity contribution in [1.29, 1.82) is 0 Å². The van der Waals surface area contributed by atoms with Gasteiger partial charge in [0, 0.05) is 19.0 Å². The third-order valence-corrected chi connectivity index (χ3v) is 3.72. The molecule has 1 saturated heterocycles. The van der Waals surface area contributed by atoms with E-state index in [9.17, 15) is 9.59 Å². The molecular weight excluding hydrogens is 350 g/mol. The molecule has 8 nitrogen and oxygen atoms in total. The number of nitrogens with zero attached hydrogens (tertiary/aromatic N) is 2. The van der Waals surface area contributed by atoms with Gasteiger partial charge in [-0.2, -0.15) is 4.98 Å². The van der Waals surface area contributed by atoms with Gasteiger partial charge in [0.15, 0.2) is 0 Å². The number of nitrogens with two attached hydrogens (primary N) is 1. The second kappa shape index (κ2) is 7.35. The second-order valence-electron chi connectivity index (χ2n) is 6.66. The first-order valence-corrected chi connectivity index (χ1v) is 8.17. The van der Waals surface area contributed by atoms with Crippen LogP contribution in [0.3, 0.4) is 0 Å². The highest BCUT2D eigenvalue weighted by Crippen LogP contribution is 2.29. The van der Waals surface area contributed by atoms with Gasteiger partial charge in [0.25, 0.3) is 0 Å². The minimum absolute atomic E-state index is 0.00658. The van der Waals surface area contributed by atoms with Crippen molar-refractivity contribution in [2.24, 2.45) is 0 Å². The number of pyridine rings is 1. The number of anilines is 1. The van der Waals surface area contributed by atoms with E-state index < -0.39 is 17.7 Å². The Labute approximate surface area is 151 Å². The van der Waals surface area contributed by atoms with Crippen molar-refractivity contribution in [2.45, 2.75) is 38.9 Å². The van der Waals surface area contributed by atoms with Crippen LogP contribution in [-0.4, -0.2) is 53.9 Å². The molecule has 0 radical (unpaired) electrons. The smallest absolute Gasteiger partial charge is 0.410 e. The molecule has 1 fully saturated rings. The van der Waals surface area contributed by atoms with Crippen molar-refractivity contribution in [3.05, 3.63) is 16.7 Å². The van der Waals surface area contributed by atoms with E-state index in [2.05, 4.69) is 4.98 Å². The van der Waals surface area contributed by atoms with E-state index in [0.29, 0.717) is 19.5 Å². The van der Waals surface area contributed by atoms with Gasteiger partial charge in [-0.25, -0.2) is 9.59 Å². The summed E-state index contributed by atoms with van der Waals surface area (Å²) in [5, 5.41) is 0.0938. The highest BCUT2D eigenvalue weighted by Gasteiger charge is 2.32. The summed E-state index contributed by atoms with van der Waals surface area (Å²) in [6, 6.07) is 1.35. The van der Waals surface area contributed by atoms with Crippen molar-refractivity contribution in [3.63, 3.8) is 0 Å². The molecule has 0 unspecified atom stereocenters. The zero-order chi connectivity index (χ0) is 18.8. The average Bonchev–Trinajstić information content (AvgIpc) is 2.93. The molecule has 1 aliphatic heterocycles. The molecule has 0 saturated carbocycles. The van der Waals surface area contributed by atoms with Crippen LogP contribution in [0, 0.1) is 0 Å². The van der Waals surface area contributed by atoms with Crippen molar-refractivity contribution < 1.29 is 23.8 Å². The lowest BCUT2D eigenvalue weighted by Gasteiger charge is -2.24. The van der Waals surface area contributed by atoms with Gasteiger partial charge < -0.3 is 24.8 Å². The van der Waals surface area contributed by atoms with E-state index in [-0.39, 0.29) is 28.4 Å². The molecule has 9 heteroatoms. The van der Waals surface area contributed by atoms with E-state index in [1.54, 1.807) is 25.7 Å². The fourth-order valence-electron chi connectivity index (χ4n) is 2.36. The number of amides is 1. The number of ether oxygens (including phenoxy) is 3. The Morgan fingerprint density at radius 1 is 1.40 bits per heavy atom. The van der Waals surface area contributed by atoms with Gasteiger partial charge in [-0.05, 0) is 20.8 Å². The van der Waals surface area contributed by atoms with Gasteiger partial charge in [0.2, 0.25) is 5.88 Å². The van der Waals surface area contributed by atoms with Crippen LogP contribution in [0.5, 0.6) is 5.88 Å². The fourth-order valence-corrected chi connectivity index (χ4v) is 2.63. The van der Waals surface area contributed by atoms with Crippen LogP contribution in [0.4, 0.5) is 10.6 Å². The van der Waals surface area contributed by atoms with E-state index in [1.165, 1.54) is 13.2 Å². The minimum Gasteiger partial charge on any atom is -0.472 e. The number of halogens is 1. The van der Waals surface area contributed by atoms with Crippen molar-refractivity contribution in [1.82, 2.24) is 9.88 Å². The maximum absolute atomic E-state index is 12.1. The summed E-state index contributed by atoms with van der Waals surface area (Å²) in [4.78, 5) is 29.6. The standard InChI is InChI=1S/C16H22ClN3O5/c1-16(2,3)25-15(22)20-6-5-9(8-20)24-13-12(14(21)23-4)10(17)7-11(18)19-13/h7,9H,5-6,8H2,1-4H3,(H2,18,19)/t9-/m0/s1. The molecule has 0 bridgehead atoms. The third kappa shape index (κ3) is 4.88. The van der Waals surface area contributed by atoms with Crippen LogP contribution in [0.2, 0.25) is 5.02 Å². The molecule has 138 valence electrons. The lowest BCUT2D eigenvalue weighted by Crippen LogP contribution is -2.36. The summed E-state index contributed by atoms with van der Waals surface area (Å²) in [6.07, 6.45) is -0.208. The van der Waals surface area contributed by atoms with Crippen LogP contribution >= 0.6 is 11.6 Å². The van der Waals surface area contributed by atoms with Crippen LogP contribution < -0.4 is 10.5 Å². The predicted molar refractivity (Wildman–Crippen MR) is 91.8 cm³/mol. The first kappa shape index (κ1) is 19.1. The highest BCUT2D eigenvalue weighted by atomic mass is 35.5. The first-order valence-electron chi connectivity index (χ1n) is 7.79. The number of aromatic nitrogens is 1. The molecule has 25 heavy (non-hydrogen) atoms. The average molecular weight is 372 g/mol. The zero-order valence-corrected chi connectivity index (χ0v) is 15.4. The maximum Gasteiger partial charge on any atom is 0.410 e. The lowest BCUT2D eigenvalue weighted by molar-refractivity contribution is 0.0273. The SMILES string of the molecule is COC(=O)c1c(Cl)cc(N)nc1O[C@H]1CCN(C(=O)OC(C)(C)C)C1. The van der Waals surface area contributed by atoms with E-state index in [1.807, 2.05) is 0 Å². The molecule has 1 aromatic rings. The molecule has 0 aromatic carbocycles. The molecule has 2 rings (SSSR count). The summed E-state index contributed by atoms with van der Waals surface area (Å²) in [5.74, 6) is -0.558. The molecule has 1 aliphatic rings. The van der Waals surface area contributed by atoms with Gasteiger partial charge in [0.1, 0.15) is 23.1 Å².